The summed E-state index contributed by atoms with van der Waals surface area (Å²) < 4.78 is 28.0. The summed E-state index contributed by atoms with van der Waals surface area (Å²) in [4.78, 5) is 0.233. The summed E-state index contributed by atoms with van der Waals surface area (Å²) >= 11 is 1.37. The van der Waals surface area contributed by atoms with Gasteiger partial charge in [-0.25, -0.2) is 13.1 Å². The van der Waals surface area contributed by atoms with E-state index in [1.54, 1.807) is 24.4 Å². The molecule has 5 nitrogen and oxygen atoms in total. The van der Waals surface area contributed by atoms with Gasteiger partial charge < -0.3 is 10.2 Å². The number of nitrogens with one attached hydrogen (secondary N) is 1. The molecule has 1 heterocycles. The maximum Gasteiger partial charge on any atom is 0.242 e. The second-order valence-electron chi connectivity index (χ2n) is 5.05. The molecule has 20 heavy (non-hydrogen) atoms. The molecule has 0 unspecified atom stereocenters. The minimum atomic E-state index is -3.66. The molecule has 0 radical (unpaired) electrons. The fourth-order valence-corrected chi connectivity index (χ4v) is 4.37. The Morgan fingerprint density at radius 1 is 1.25 bits per heavy atom. The van der Waals surface area contributed by atoms with Crippen LogP contribution in [0.1, 0.15) is 6.92 Å². The molecule has 0 atom stereocenters. The number of sulfonamides is 1. The van der Waals surface area contributed by atoms with Crippen molar-refractivity contribution in [3.8, 4) is 0 Å². The van der Waals surface area contributed by atoms with E-state index < -0.39 is 15.4 Å². The number of rotatable bonds is 6. The van der Waals surface area contributed by atoms with Gasteiger partial charge in [-0.05, 0) is 6.07 Å². The van der Waals surface area contributed by atoms with Gasteiger partial charge in [0.15, 0.2) is 0 Å². The smallest absolute Gasteiger partial charge is 0.242 e. The van der Waals surface area contributed by atoms with E-state index in [0.717, 1.165) is 4.70 Å². The molecule has 0 bridgehead atoms. The van der Waals surface area contributed by atoms with Gasteiger partial charge in [0, 0.05) is 27.4 Å². The van der Waals surface area contributed by atoms with Crippen molar-refractivity contribution in [1.29, 1.82) is 0 Å². The van der Waals surface area contributed by atoms with Crippen molar-refractivity contribution < 1.29 is 18.6 Å². The predicted molar refractivity (Wildman–Crippen MR) is 79.3 cm³/mol. The fraction of sp³-hybridized carbons (Fsp3) is 0.385. The van der Waals surface area contributed by atoms with Crippen LogP contribution in [0.5, 0.6) is 0 Å². The summed E-state index contributed by atoms with van der Waals surface area (Å²) in [5, 5.41) is 20.7. The third-order valence-electron chi connectivity index (χ3n) is 3.19. The highest BCUT2D eigenvalue weighted by Gasteiger charge is 2.26. The van der Waals surface area contributed by atoms with Crippen LogP contribution >= 0.6 is 11.3 Å². The molecule has 110 valence electrons. The molecule has 0 aliphatic carbocycles. The molecule has 0 saturated carbocycles. The molecule has 7 heteroatoms. The van der Waals surface area contributed by atoms with Crippen molar-refractivity contribution in [2.24, 2.45) is 5.41 Å². The molecule has 0 aliphatic heterocycles. The third-order valence-corrected chi connectivity index (χ3v) is 5.74. The van der Waals surface area contributed by atoms with Gasteiger partial charge in [-0.3, -0.25) is 0 Å². The average Bonchev–Trinajstić information content (AvgIpc) is 2.89. The van der Waals surface area contributed by atoms with Crippen LogP contribution in [0.15, 0.2) is 34.5 Å². The molecule has 0 aliphatic rings. The summed E-state index contributed by atoms with van der Waals surface area (Å²) in [5.41, 5.74) is -0.876. The van der Waals surface area contributed by atoms with Crippen LogP contribution in [0.3, 0.4) is 0 Å². The molecule has 0 fully saturated rings. The van der Waals surface area contributed by atoms with E-state index in [9.17, 15) is 18.6 Å². The number of hydrogen-bond donors (Lipinski definition) is 3. The number of benzene rings is 1. The van der Waals surface area contributed by atoms with Gasteiger partial charge in [0.05, 0.1) is 13.2 Å². The minimum absolute atomic E-state index is 0.0213. The van der Waals surface area contributed by atoms with E-state index in [0.29, 0.717) is 5.39 Å². The molecule has 0 amide bonds. The predicted octanol–water partition coefficient (Wildman–Crippen LogP) is 1.17. The van der Waals surface area contributed by atoms with Crippen LogP contribution < -0.4 is 4.72 Å². The Labute approximate surface area is 121 Å². The van der Waals surface area contributed by atoms with Crippen molar-refractivity contribution in [3.05, 3.63) is 29.6 Å². The van der Waals surface area contributed by atoms with E-state index in [1.165, 1.54) is 11.3 Å². The largest absolute Gasteiger partial charge is 0.396 e. The molecule has 2 aromatic rings. The maximum atomic E-state index is 12.3. The molecular formula is C13H17NO4S2. The third kappa shape index (κ3) is 3.02. The topological polar surface area (TPSA) is 86.6 Å². The van der Waals surface area contributed by atoms with Crippen LogP contribution in [0.4, 0.5) is 0 Å². The number of hydrogen-bond acceptors (Lipinski definition) is 5. The lowest BCUT2D eigenvalue weighted by Crippen LogP contribution is -2.40. The van der Waals surface area contributed by atoms with Gasteiger partial charge in [0.1, 0.15) is 4.90 Å². The minimum Gasteiger partial charge on any atom is -0.396 e. The highest BCUT2D eigenvalue weighted by atomic mass is 32.2. The lowest BCUT2D eigenvalue weighted by atomic mass is 9.94. The maximum absolute atomic E-state index is 12.3. The summed E-state index contributed by atoms with van der Waals surface area (Å²) in [6.45, 7) is 1.00. The number of aliphatic hydroxyl groups excluding tert-OH is 2. The van der Waals surface area contributed by atoms with Crippen LogP contribution in [0.25, 0.3) is 10.1 Å². The quantitative estimate of drug-likeness (QED) is 0.747. The Balaban J connectivity index is 2.27. The second-order valence-corrected chi connectivity index (χ2v) is 7.69. The summed E-state index contributed by atoms with van der Waals surface area (Å²) in [6, 6.07) is 7.28. The molecule has 1 aromatic carbocycles. The summed E-state index contributed by atoms with van der Waals surface area (Å²) in [5.74, 6) is 0. The highest BCUT2D eigenvalue weighted by molar-refractivity contribution is 7.90. The van der Waals surface area contributed by atoms with Gasteiger partial charge in [0.2, 0.25) is 10.0 Å². The Hall–Kier alpha value is -0.990. The van der Waals surface area contributed by atoms with Crippen LogP contribution in [0.2, 0.25) is 0 Å². The van der Waals surface area contributed by atoms with E-state index in [1.807, 2.05) is 12.1 Å². The van der Waals surface area contributed by atoms with Crippen molar-refractivity contribution >= 4 is 31.4 Å². The SMILES string of the molecule is CC(CO)(CO)CNS(=O)(=O)c1csc2ccccc12. The first-order valence-corrected chi connectivity index (χ1v) is 8.46. The monoisotopic (exact) mass is 315 g/mol. The van der Waals surface area contributed by atoms with Gasteiger partial charge in [-0.1, -0.05) is 25.1 Å². The highest BCUT2D eigenvalue weighted by Crippen LogP contribution is 2.29. The van der Waals surface area contributed by atoms with Crippen molar-refractivity contribution in [2.45, 2.75) is 11.8 Å². The zero-order chi connectivity index (χ0) is 14.8. The van der Waals surface area contributed by atoms with Crippen LogP contribution in [0, 0.1) is 5.41 Å². The Kier molecular flexibility index (Phi) is 4.46. The zero-order valence-corrected chi connectivity index (χ0v) is 12.7. The van der Waals surface area contributed by atoms with E-state index in [2.05, 4.69) is 4.72 Å². The fourth-order valence-electron chi connectivity index (χ4n) is 1.67. The molecule has 2 rings (SSSR count). The lowest BCUT2D eigenvalue weighted by Gasteiger charge is -2.24. The van der Waals surface area contributed by atoms with Crippen molar-refractivity contribution in [2.75, 3.05) is 19.8 Å². The number of thiophene rings is 1. The van der Waals surface area contributed by atoms with Crippen molar-refractivity contribution in [1.82, 2.24) is 4.72 Å². The number of fused-ring (bicyclic) bond motifs is 1. The standard InChI is InChI=1S/C13H17NO4S2/c1-13(8-15,9-16)7-14-20(17,18)12-6-19-11-5-3-2-4-10(11)12/h2-6,14-16H,7-9H2,1H3. The Morgan fingerprint density at radius 2 is 1.90 bits per heavy atom. The second kappa shape index (κ2) is 5.79. The molecule has 0 spiro atoms. The molecule has 0 saturated heterocycles. The molecule has 1 aromatic heterocycles. The molecule has 3 N–H and O–H groups in total. The normalized spacial score (nSPS) is 12.9. The summed E-state index contributed by atoms with van der Waals surface area (Å²) in [6.07, 6.45) is 0. The van der Waals surface area contributed by atoms with Gasteiger partial charge >= 0.3 is 0 Å². The van der Waals surface area contributed by atoms with E-state index in [-0.39, 0.29) is 24.7 Å². The van der Waals surface area contributed by atoms with Crippen LogP contribution in [-0.4, -0.2) is 38.4 Å². The first-order chi connectivity index (χ1) is 9.42. The number of aliphatic hydroxyl groups is 2. The Morgan fingerprint density at radius 3 is 2.55 bits per heavy atom. The lowest BCUT2D eigenvalue weighted by molar-refractivity contribution is 0.0743. The van der Waals surface area contributed by atoms with Gasteiger partial charge in [-0.2, -0.15) is 0 Å². The zero-order valence-electron chi connectivity index (χ0n) is 11.0. The van der Waals surface area contributed by atoms with Crippen LogP contribution in [-0.2, 0) is 10.0 Å². The average molecular weight is 315 g/mol. The van der Waals surface area contributed by atoms with Crippen molar-refractivity contribution in [3.63, 3.8) is 0 Å². The van der Waals surface area contributed by atoms with E-state index in [4.69, 9.17) is 0 Å². The van der Waals surface area contributed by atoms with Gasteiger partial charge in [0.25, 0.3) is 0 Å². The van der Waals surface area contributed by atoms with E-state index >= 15 is 0 Å². The molecular weight excluding hydrogens is 298 g/mol. The first kappa shape index (κ1) is 15.4. The first-order valence-electron chi connectivity index (χ1n) is 6.09. The summed E-state index contributed by atoms with van der Waals surface area (Å²) in [7, 11) is -3.66. The van der Waals surface area contributed by atoms with Gasteiger partial charge in [-0.15, -0.1) is 11.3 Å². The Bertz CT molecular complexity index is 689.